The van der Waals surface area contributed by atoms with Gasteiger partial charge >= 0.3 is 0 Å². The molecule has 1 aliphatic carbocycles. The second-order valence-corrected chi connectivity index (χ2v) is 8.21. The van der Waals surface area contributed by atoms with Gasteiger partial charge in [-0.2, -0.15) is 0 Å². The number of allylic oxidation sites excluding steroid dienone is 1. The Kier molecular flexibility index (Phi) is 4.14. The summed E-state index contributed by atoms with van der Waals surface area (Å²) in [5, 5.41) is 10.8. The van der Waals surface area contributed by atoms with Crippen LogP contribution in [0.5, 0.6) is 0 Å². The van der Waals surface area contributed by atoms with Crippen LogP contribution in [0.4, 0.5) is 0 Å². The molecule has 1 aliphatic heterocycles. The Morgan fingerprint density at radius 2 is 1.67 bits per heavy atom. The monoisotopic (exact) mass is 361 g/mol. The van der Waals surface area contributed by atoms with E-state index in [9.17, 15) is 14.7 Å². The van der Waals surface area contributed by atoms with Gasteiger partial charge in [0, 0.05) is 24.9 Å². The van der Waals surface area contributed by atoms with Gasteiger partial charge in [0.05, 0.1) is 11.6 Å². The van der Waals surface area contributed by atoms with Gasteiger partial charge in [-0.1, -0.05) is 62.4 Å². The van der Waals surface area contributed by atoms with E-state index in [0.29, 0.717) is 30.5 Å². The van der Waals surface area contributed by atoms with Crippen molar-refractivity contribution in [3.05, 3.63) is 82.6 Å². The normalized spacial score (nSPS) is 21.6. The molecule has 1 unspecified atom stereocenters. The van der Waals surface area contributed by atoms with Crippen molar-refractivity contribution in [1.29, 1.82) is 0 Å². The Hall–Kier alpha value is -2.88. The number of hydrogen-bond acceptors (Lipinski definition) is 3. The van der Waals surface area contributed by atoms with Gasteiger partial charge in [0.2, 0.25) is 0 Å². The maximum absolute atomic E-state index is 13.1. The van der Waals surface area contributed by atoms with Gasteiger partial charge in [0.25, 0.3) is 5.91 Å². The first-order valence-electron chi connectivity index (χ1n) is 9.26. The molecule has 2 aliphatic rings. The number of aliphatic hydroxyl groups excluding tert-OH is 1. The van der Waals surface area contributed by atoms with E-state index in [-0.39, 0.29) is 22.9 Å². The average Bonchev–Trinajstić information content (AvgIpc) is 2.88. The fourth-order valence-corrected chi connectivity index (χ4v) is 4.24. The summed E-state index contributed by atoms with van der Waals surface area (Å²) in [6, 6.07) is 16.6. The number of benzene rings is 2. The molecule has 0 spiro atoms. The lowest BCUT2D eigenvalue weighted by atomic mass is 9.74. The van der Waals surface area contributed by atoms with Crippen LogP contribution in [0.2, 0.25) is 0 Å². The third-order valence-electron chi connectivity index (χ3n) is 5.42. The molecule has 4 rings (SSSR count). The van der Waals surface area contributed by atoms with E-state index < -0.39 is 6.04 Å². The summed E-state index contributed by atoms with van der Waals surface area (Å²) in [6.45, 7) is 4.35. The summed E-state index contributed by atoms with van der Waals surface area (Å²) < 4.78 is 0. The molecule has 1 heterocycles. The highest BCUT2D eigenvalue weighted by Gasteiger charge is 2.45. The molecule has 1 atom stereocenters. The van der Waals surface area contributed by atoms with Crippen molar-refractivity contribution in [3.63, 3.8) is 0 Å². The summed E-state index contributed by atoms with van der Waals surface area (Å²) in [5.74, 6) is -0.0579. The second kappa shape index (κ2) is 6.38. The van der Waals surface area contributed by atoms with E-state index in [1.807, 2.05) is 62.4 Å². The fourth-order valence-electron chi connectivity index (χ4n) is 4.24. The molecule has 4 heteroatoms. The van der Waals surface area contributed by atoms with E-state index >= 15 is 0 Å². The first-order chi connectivity index (χ1) is 12.9. The van der Waals surface area contributed by atoms with Gasteiger partial charge in [0.1, 0.15) is 5.76 Å². The number of nitrogens with zero attached hydrogens (tertiary/aromatic N) is 1. The maximum atomic E-state index is 13.1. The van der Waals surface area contributed by atoms with Crippen LogP contribution in [0, 0.1) is 5.41 Å². The van der Waals surface area contributed by atoms with Crippen molar-refractivity contribution in [1.82, 2.24) is 4.90 Å². The molecule has 1 N–H and O–H groups in total. The largest absolute Gasteiger partial charge is 0.512 e. The lowest BCUT2D eigenvalue weighted by Gasteiger charge is -2.34. The molecule has 0 fully saturated rings. The predicted octanol–water partition coefficient (Wildman–Crippen LogP) is 4.58. The molecule has 138 valence electrons. The van der Waals surface area contributed by atoms with Crippen LogP contribution in [0.3, 0.4) is 0 Å². The SMILES string of the molecule is CC1(C)CC(=O)C(C2c3ccccc3C(=O)N2Cc2ccccc2)=C(O)C1. The lowest BCUT2D eigenvalue weighted by Crippen LogP contribution is -2.35. The zero-order chi connectivity index (χ0) is 19.2. The molecule has 2 aromatic carbocycles. The van der Waals surface area contributed by atoms with Gasteiger partial charge in [-0.3, -0.25) is 9.59 Å². The smallest absolute Gasteiger partial charge is 0.255 e. The Labute approximate surface area is 159 Å². The number of fused-ring (bicyclic) bond motifs is 1. The number of rotatable bonds is 3. The average molecular weight is 361 g/mol. The van der Waals surface area contributed by atoms with Crippen LogP contribution >= 0.6 is 0 Å². The lowest BCUT2D eigenvalue weighted by molar-refractivity contribution is -0.119. The number of Topliss-reactive ketones (excluding diaryl/α,β-unsaturated/α-hetero) is 1. The van der Waals surface area contributed by atoms with Crippen molar-refractivity contribution >= 4 is 11.7 Å². The molecule has 0 bridgehead atoms. The second-order valence-electron chi connectivity index (χ2n) is 8.21. The standard InChI is InChI=1S/C23H23NO3/c1-23(2)12-18(25)20(19(26)13-23)21-16-10-6-7-11-17(16)22(27)24(21)14-15-8-4-3-5-9-15/h3-11,21,25H,12-14H2,1-2H3. The molecule has 4 nitrogen and oxygen atoms in total. The predicted molar refractivity (Wildman–Crippen MR) is 103 cm³/mol. The molecule has 0 radical (unpaired) electrons. The third-order valence-corrected chi connectivity index (χ3v) is 5.42. The molecule has 0 saturated carbocycles. The van der Waals surface area contributed by atoms with Gasteiger partial charge in [-0.05, 0) is 22.6 Å². The fraction of sp³-hybridized carbons (Fsp3) is 0.304. The van der Waals surface area contributed by atoms with Crippen molar-refractivity contribution in [3.8, 4) is 0 Å². The number of carbonyl (C=O) groups excluding carboxylic acids is 2. The number of aliphatic hydroxyl groups is 1. The minimum atomic E-state index is -0.530. The van der Waals surface area contributed by atoms with Crippen molar-refractivity contribution in [2.24, 2.45) is 5.41 Å². The quantitative estimate of drug-likeness (QED) is 0.870. The molecule has 27 heavy (non-hydrogen) atoms. The summed E-state index contributed by atoms with van der Waals surface area (Å²) >= 11 is 0. The van der Waals surface area contributed by atoms with Gasteiger partial charge < -0.3 is 10.0 Å². The zero-order valence-electron chi connectivity index (χ0n) is 15.6. The van der Waals surface area contributed by atoms with E-state index in [4.69, 9.17) is 0 Å². The van der Waals surface area contributed by atoms with E-state index in [0.717, 1.165) is 11.1 Å². The van der Waals surface area contributed by atoms with Gasteiger partial charge in [-0.15, -0.1) is 0 Å². The van der Waals surface area contributed by atoms with Crippen LogP contribution in [0.25, 0.3) is 0 Å². The molecule has 1 amide bonds. The van der Waals surface area contributed by atoms with E-state index in [1.165, 1.54) is 0 Å². The Morgan fingerprint density at radius 3 is 2.37 bits per heavy atom. The first kappa shape index (κ1) is 17.5. The number of ketones is 1. The van der Waals surface area contributed by atoms with Crippen LogP contribution in [0.1, 0.15) is 54.2 Å². The molecular weight excluding hydrogens is 338 g/mol. The topological polar surface area (TPSA) is 57.6 Å². The van der Waals surface area contributed by atoms with Crippen molar-refractivity contribution in [2.75, 3.05) is 0 Å². The Balaban J connectivity index is 1.82. The van der Waals surface area contributed by atoms with Gasteiger partial charge in [-0.25, -0.2) is 0 Å². The summed E-state index contributed by atoms with van der Waals surface area (Å²) in [6.07, 6.45) is 0.818. The summed E-state index contributed by atoms with van der Waals surface area (Å²) in [7, 11) is 0. The van der Waals surface area contributed by atoms with Crippen molar-refractivity contribution < 1.29 is 14.7 Å². The minimum Gasteiger partial charge on any atom is -0.512 e. The number of amides is 1. The summed E-state index contributed by atoms with van der Waals surface area (Å²) in [5.41, 5.74) is 2.51. The summed E-state index contributed by atoms with van der Waals surface area (Å²) in [4.78, 5) is 27.8. The molecule has 2 aromatic rings. The highest BCUT2D eigenvalue weighted by atomic mass is 16.3. The maximum Gasteiger partial charge on any atom is 0.255 e. The van der Waals surface area contributed by atoms with Crippen LogP contribution in [-0.4, -0.2) is 21.7 Å². The van der Waals surface area contributed by atoms with E-state index in [1.54, 1.807) is 11.0 Å². The van der Waals surface area contributed by atoms with E-state index in [2.05, 4.69) is 0 Å². The number of hydrogen-bond donors (Lipinski definition) is 1. The molecule has 0 aromatic heterocycles. The van der Waals surface area contributed by atoms with Gasteiger partial charge in [0.15, 0.2) is 5.78 Å². The third kappa shape index (κ3) is 3.05. The Bertz CT molecular complexity index is 943. The molecular formula is C23H23NO3. The molecule has 0 saturated heterocycles. The first-order valence-corrected chi connectivity index (χ1v) is 9.26. The highest BCUT2D eigenvalue weighted by Crippen LogP contribution is 2.46. The van der Waals surface area contributed by atoms with Crippen LogP contribution in [-0.2, 0) is 11.3 Å². The van der Waals surface area contributed by atoms with Crippen molar-refractivity contribution in [2.45, 2.75) is 39.3 Å². The highest BCUT2D eigenvalue weighted by molar-refractivity contribution is 6.05. The van der Waals surface area contributed by atoms with Crippen LogP contribution in [0.15, 0.2) is 65.9 Å². The minimum absolute atomic E-state index is 0.0729. The number of carbonyl (C=O) groups is 2. The van der Waals surface area contributed by atoms with Crippen LogP contribution < -0.4 is 0 Å². The zero-order valence-corrected chi connectivity index (χ0v) is 15.6. The Morgan fingerprint density at radius 1 is 1.00 bits per heavy atom.